The van der Waals surface area contributed by atoms with E-state index in [1.807, 2.05) is 42.5 Å². The molecule has 0 bridgehead atoms. The molecular weight excluding hydrogens is 272 g/mol. The van der Waals surface area contributed by atoms with E-state index in [4.69, 9.17) is 12.2 Å². The summed E-state index contributed by atoms with van der Waals surface area (Å²) in [6.45, 7) is 0. The molecule has 2 amide bonds. The molecule has 1 aliphatic heterocycles. The summed E-state index contributed by atoms with van der Waals surface area (Å²) in [7, 11) is 0. The molecule has 3 rings (SSSR count). The fourth-order valence-corrected chi connectivity index (χ4v) is 2.26. The highest BCUT2D eigenvalue weighted by molar-refractivity contribution is 7.80. The van der Waals surface area contributed by atoms with Crippen molar-refractivity contribution in [1.29, 1.82) is 0 Å². The monoisotopic (exact) mass is 282 g/mol. The number of carbonyl (C=O) groups excluding carboxylic acids is 2. The van der Waals surface area contributed by atoms with Gasteiger partial charge in [-0.05, 0) is 40.7 Å². The molecule has 0 spiro atoms. The van der Waals surface area contributed by atoms with Crippen LogP contribution in [-0.4, -0.2) is 16.9 Å². The molecule has 4 nitrogen and oxygen atoms in total. The summed E-state index contributed by atoms with van der Waals surface area (Å²) < 4.78 is 0. The Labute approximate surface area is 120 Å². The van der Waals surface area contributed by atoms with Crippen molar-refractivity contribution in [3.05, 3.63) is 53.6 Å². The van der Waals surface area contributed by atoms with Crippen LogP contribution in [0.15, 0.2) is 48.0 Å². The molecule has 0 saturated carbocycles. The molecule has 98 valence electrons. The average molecular weight is 282 g/mol. The lowest BCUT2D eigenvalue weighted by Gasteiger charge is -2.16. The molecule has 1 aliphatic rings. The van der Waals surface area contributed by atoms with Gasteiger partial charge in [-0.1, -0.05) is 36.4 Å². The SMILES string of the molecule is O=C1NC(=S)NC(=O)C1=Cc1ccc2ccccc2c1. The molecule has 0 aromatic heterocycles. The van der Waals surface area contributed by atoms with E-state index in [9.17, 15) is 9.59 Å². The zero-order valence-electron chi connectivity index (χ0n) is 10.3. The van der Waals surface area contributed by atoms with Crippen molar-refractivity contribution in [2.45, 2.75) is 0 Å². The first-order valence-corrected chi connectivity index (χ1v) is 6.41. The number of benzene rings is 2. The Hall–Kier alpha value is -2.53. The van der Waals surface area contributed by atoms with E-state index in [-0.39, 0.29) is 10.7 Å². The molecule has 2 aromatic carbocycles. The van der Waals surface area contributed by atoms with Gasteiger partial charge in [-0.15, -0.1) is 0 Å². The van der Waals surface area contributed by atoms with Crippen LogP contribution >= 0.6 is 12.2 Å². The first-order chi connectivity index (χ1) is 9.63. The molecule has 1 heterocycles. The minimum absolute atomic E-state index is 0.0376. The summed E-state index contributed by atoms with van der Waals surface area (Å²) in [5.74, 6) is -0.959. The van der Waals surface area contributed by atoms with Gasteiger partial charge in [-0.2, -0.15) is 0 Å². The number of hydrogen-bond acceptors (Lipinski definition) is 3. The molecule has 0 aliphatic carbocycles. The topological polar surface area (TPSA) is 58.2 Å². The molecule has 2 aromatic rings. The van der Waals surface area contributed by atoms with E-state index in [0.29, 0.717) is 0 Å². The Bertz CT molecular complexity index is 758. The summed E-state index contributed by atoms with van der Waals surface area (Å²) >= 11 is 4.75. The van der Waals surface area contributed by atoms with E-state index in [0.717, 1.165) is 16.3 Å². The second-order valence-corrected chi connectivity index (χ2v) is 4.81. The summed E-state index contributed by atoms with van der Waals surface area (Å²) in [6, 6.07) is 13.6. The van der Waals surface area contributed by atoms with E-state index in [1.165, 1.54) is 0 Å². The average Bonchev–Trinajstić information content (AvgIpc) is 2.42. The van der Waals surface area contributed by atoms with Gasteiger partial charge < -0.3 is 0 Å². The Morgan fingerprint density at radius 2 is 1.55 bits per heavy atom. The Morgan fingerprint density at radius 3 is 2.25 bits per heavy atom. The second kappa shape index (κ2) is 4.86. The van der Waals surface area contributed by atoms with Crippen LogP contribution in [0, 0.1) is 0 Å². The van der Waals surface area contributed by atoms with Gasteiger partial charge in [0.25, 0.3) is 11.8 Å². The van der Waals surface area contributed by atoms with Crippen molar-refractivity contribution in [3.63, 3.8) is 0 Å². The molecular formula is C15H10N2O2S. The number of thiocarbonyl (C=S) groups is 1. The third-order valence-electron chi connectivity index (χ3n) is 3.03. The lowest BCUT2D eigenvalue weighted by molar-refractivity contribution is -0.123. The predicted octanol–water partition coefficient (Wildman–Crippen LogP) is 1.75. The van der Waals surface area contributed by atoms with Crippen LogP contribution in [0.25, 0.3) is 16.8 Å². The number of amides is 2. The normalized spacial score (nSPS) is 15.0. The van der Waals surface area contributed by atoms with Crippen molar-refractivity contribution < 1.29 is 9.59 Å². The van der Waals surface area contributed by atoms with Gasteiger partial charge >= 0.3 is 0 Å². The van der Waals surface area contributed by atoms with Gasteiger partial charge in [0.2, 0.25) is 0 Å². The largest absolute Gasteiger partial charge is 0.299 e. The van der Waals surface area contributed by atoms with Gasteiger partial charge in [0.15, 0.2) is 5.11 Å². The summed E-state index contributed by atoms with van der Waals surface area (Å²) in [5.41, 5.74) is 0.839. The van der Waals surface area contributed by atoms with Crippen LogP contribution in [0.5, 0.6) is 0 Å². The highest BCUT2D eigenvalue weighted by atomic mass is 32.1. The Kier molecular flexibility index (Phi) is 3.04. The molecule has 20 heavy (non-hydrogen) atoms. The Morgan fingerprint density at radius 1 is 0.900 bits per heavy atom. The van der Waals surface area contributed by atoms with Crippen molar-refractivity contribution in [2.24, 2.45) is 0 Å². The van der Waals surface area contributed by atoms with Gasteiger partial charge in [0.1, 0.15) is 5.57 Å². The quantitative estimate of drug-likeness (QED) is 0.476. The van der Waals surface area contributed by atoms with Gasteiger partial charge in [0.05, 0.1) is 0 Å². The molecule has 1 saturated heterocycles. The van der Waals surface area contributed by atoms with E-state index in [1.54, 1.807) is 6.08 Å². The number of fused-ring (bicyclic) bond motifs is 1. The van der Waals surface area contributed by atoms with Crippen molar-refractivity contribution in [1.82, 2.24) is 10.6 Å². The molecule has 0 radical (unpaired) electrons. The third kappa shape index (κ3) is 2.31. The van der Waals surface area contributed by atoms with E-state index >= 15 is 0 Å². The maximum absolute atomic E-state index is 11.8. The first kappa shape index (κ1) is 12.5. The second-order valence-electron chi connectivity index (χ2n) is 4.40. The number of nitrogens with one attached hydrogen (secondary N) is 2. The van der Waals surface area contributed by atoms with Crippen molar-refractivity contribution in [2.75, 3.05) is 0 Å². The molecule has 5 heteroatoms. The predicted molar refractivity (Wildman–Crippen MR) is 80.8 cm³/mol. The first-order valence-electron chi connectivity index (χ1n) is 6.01. The van der Waals surface area contributed by atoms with Gasteiger partial charge in [-0.25, -0.2) is 0 Å². The smallest absolute Gasteiger partial charge is 0.263 e. The van der Waals surface area contributed by atoms with Crippen LogP contribution in [0.3, 0.4) is 0 Å². The summed E-state index contributed by atoms with van der Waals surface area (Å²) in [5, 5.41) is 7.01. The van der Waals surface area contributed by atoms with Crippen LogP contribution in [0.4, 0.5) is 0 Å². The van der Waals surface area contributed by atoms with Crippen molar-refractivity contribution in [3.8, 4) is 0 Å². The molecule has 2 N–H and O–H groups in total. The molecule has 1 fully saturated rings. The Balaban J connectivity index is 2.03. The lowest BCUT2D eigenvalue weighted by atomic mass is 10.0. The van der Waals surface area contributed by atoms with Gasteiger partial charge in [0, 0.05) is 0 Å². The summed E-state index contributed by atoms with van der Waals surface area (Å²) in [6.07, 6.45) is 1.55. The maximum atomic E-state index is 11.8. The number of rotatable bonds is 1. The zero-order chi connectivity index (χ0) is 14.1. The fourth-order valence-electron chi connectivity index (χ4n) is 2.07. The van der Waals surface area contributed by atoms with E-state index < -0.39 is 11.8 Å². The standard InChI is InChI=1S/C15H10N2O2S/c18-13-12(14(19)17-15(20)16-13)8-9-5-6-10-3-1-2-4-11(10)7-9/h1-8H,(H2,16,17,18,19,20). The zero-order valence-corrected chi connectivity index (χ0v) is 11.2. The number of carbonyl (C=O) groups is 2. The lowest BCUT2D eigenvalue weighted by Crippen LogP contribution is -2.51. The van der Waals surface area contributed by atoms with Gasteiger partial charge in [-0.3, -0.25) is 20.2 Å². The minimum Gasteiger partial charge on any atom is -0.299 e. The fraction of sp³-hybridized carbons (Fsp3) is 0. The molecule has 0 unspecified atom stereocenters. The van der Waals surface area contributed by atoms with E-state index in [2.05, 4.69) is 10.6 Å². The molecule has 0 atom stereocenters. The van der Waals surface area contributed by atoms with Crippen LogP contribution in [-0.2, 0) is 9.59 Å². The van der Waals surface area contributed by atoms with Crippen LogP contribution in [0.1, 0.15) is 5.56 Å². The van der Waals surface area contributed by atoms with Crippen LogP contribution < -0.4 is 10.6 Å². The highest BCUT2D eigenvalue weighted by Gasteiger charge is 2.25. The van der Waals surface area contributed by atoms with Crippen molar-refractivity contribution >= 4 is 46.0 Å². The maximum Gasteiger partial charge on any atom is 0.263 e. The van der Waals surface area contributed by atoms with Crippen LogP contribution in [0.2, 0.25) is 0 Å². The highest BCUT2D eigenvalue weighted by Crippen LogP contribution is 2.18. The third-order valence-corrected chi connectivity index (χ3v) is 3.23. The summed E-state index contributed by atoms with van der Waals surface area (Å²) in [4.78, 5) is 23.5. The number of hydrogen-bond donors (Lipinski definition) is 2. The minimum atomic E-state index is -0.480.